The molecule has 0 aromatic heterocycles. The van der Waals surface area contributed by atoms with E-state index in [1.54, 1.807) is 18.2 Å². The molecule has 4 nitrogen and oxygen atoms in total. The van der Waals surface area contributed by atoms with Gasteiger partial charge in [-0.1, -0.05) is 15.9 Å². The summed E-state index contributed by atoms with van der Waals surface area (Å²) in [6.45, 7) is 2.43. The first kappa shape index (κ1) is 11.8. The van der Waals surface area contributed by atoms with Crippen molar-refractivity contribution in [3.8, 4) is 5.75 Å². The molecule has 0 saturated heterocycles. The maximum atomic E-state index is 10.9. The number of nitrogens with zero attached hydrogens (tertiary/aromatic N) is 1. The molecule has 1 aromatic carbocycles. The van der Waals surface area contributed by atoms with E-state index in [9.17, 15) is 9.70 Å². The number of ether oxygens (including phenoxy) is 1. The van der Waals surface area contributed by atoms with Gasteiger partial charge in [0.15, 0.2) is 0 Å². The molecule has 0 aliphatic rings. The number of carbonyl (C=O) groups excluding carboxylic acids is 1. The minimum atomic E-state index is -0.690. The quantitative estimate of drug-likeness (QED) is 0.792. The van der Waals surface area contributed by atoms with E-state index in [0.717, 1.165) is 4.47 Å². The second-order valence-electron chi connectivity index (χ2n) is 2.85. The van der Waals surface area contributed by atoms with Crippen molar-refractivity contribution in [1.82, 2.24) is 0 Å². The molecule has 0 aliphatic heterocycles. The van der Waals surface area contributed by atoms with E-state index in [4.69, 9.17) is 4.74 Å². The largest absolute Gasteiger partial charge is 0.494 e. The Labute approximate surface area is 95.7 Å². The third-order valence-electron chi connectivity index (χ3n) is 1.77. The molecule has 0 bridgehead atoms. The highest BCUT2D eigenvalue weighted by atomic mass is 79.9. The summed E-state index contributed by atoms with van der Waals surface area (Å²) >= 11 is 3.29. The topological polar surface area (TPSA) is 55.7 Å². The third-order valence-corrected chi connectivity index (χ3v) is 2.55. The molecule has 1 rings (SSSR count). The highest BCUT2D eigenvalue weighted by Gasteiger charge is 2.08. The van der Waals surface area contributed by atoms with Crippen molar-refractivity contribution in [1.29, 1.82) is 0 Å². The fraction of sp³-hybridized carbons (Fsp3) is 0.300. The molecule has 1 aromatic rings. The standard InChI is InChI=1S/C10H10BrNO3/c1-2-15-8-3-4-9(11)7(5-8)6-10(13)12-14/h3-5H,2,6H2,1H3. The highest BCUT2D eigenvalue weighted by Crippen LogP contribution is 2.23. The van der Waals surface area contributed by atoms with Gasteiger partial charge in [-0.3, -0.25) is 4.79 Å². The zero-order valence-electron chi connectivity index (χ0n) is 8.20. The van der Waals surface area contributed by atoms with Gasteiger partial charge in [0, 0.05) is 9.65 Å². The van der Waals surface area contributed by atoms with Crippen molar-refractivity contribution < 1.29 is 9.53 Å². The summed E-state index contributed by atoms with van der Waals surface area (Å²) in [7, 11) is 0. The van der Waals surface area contributed by atoms with Crippen LogP contribution in [0, 0.1) is 4.91 Å². The fourth-order valence-corrected chi connectivity index (χ4v) is 1.53. The van der Waals surface area contributed by atoms with Gasteiger partial charge < -0.3 is 4.74 Å². The van der Waals surface area contributed by atoms with Crippen molar-refractivity contribution in [3.63, 3.8) is 0 Å². The van der Waals surface area contributed by atoms with Crippen LogP contribution in [0.25, 0.3) is 0 Å². The van der Waals surface area contributed by atoms with Gasteiger partial charge in [-0.15, -0.1) is 4.91 Å². The molecular formula is C10H10BrNO3. The highest BCUT2D eigenvalue weighted by molar-refractivity contribution is 9.10. The summed E-state index contributed by atoms with van der Waals surface area (Å²) < 4.78 is 6.04. The Morgan fingerprint density at radius 1 is 1.53 bits per heavy atom. The normalized spacial score (nSPS) is 9.73. The second kappa shape index (κ2) is 5.60. The molecule has 0 N–H and O–H groups in total. The summed E-state index contributed by atoms with van der Waals surface area (Å²) in [5, 5.41) is 2.35. The lowest BCUT2D eigenvalue weighted by Crippen LogP contribution is -2.00. The maximum Gasteiger partial charge on any atom is 0.290 e. The molecule has 0 aliphatic carbocycles. The van der Waals surface area contributed by atoms with Gasteiger partial charge >= 0.3 is 0 Å². The predicted octanol–water partition coefficient (Wildman–Crippen LogP) is 2.68. The maximum absolute atomic E-state index is 10.9. The van der Waals surface area contributed by atoms with Crippen LogP contribution in [0.2, 0.25) is 0 Å². The van der Waals surface area contributed by atoms with Crippen LogP contribution < -0.4 is 4.74 Å². The average molecular weight is 272 g/mol. The fourth-order valence-electron chi connectivity index (χ4n) is 1.14. The zero-order valence-corrected chi connectivity index (χ0v) is 9.78. The van der Waals surface area contributed by atoms with Crippen molar-refractivity contribution in [3.05, 3.63) is 33.1 Å². The van der Waals surface area contributed by atoms with E-state index < -0.39 is 5.91 Å². The SMILES string of the molecule is CCOc1ccc(Br)c(CC(=O)N=O)c1. The number of carbonyl (C=O) groups is 1. The Hall–Kier alpha value is -1.23. The van der Waals surface area contributed by atoms with Crippen molar-refractivity contribution in [2.75, 3.05) is 6.61 Å². The lowest BCUT2D eigenvalue weighted by molar-refractivity contribution is -0.117. The first-order valence-corrected chi connectivity index (χ1v) is 5.24. The zero-order chi connectivity index (χ0) is 11.3. The average Bonchev–Trinajstić information content (AvgIpc) is 2.23. The Bertz CT molecular complexity index is 379. The Morgan fingerprint density at radius 2 is 2.27 bits per heavy atom. The predicted molar refractivity (Wildman–Crippen MR) is 59.8 cm³/mol. The van der Waals surface area contributed by atoms with Gasteiger partial charge in [0.25, 0.3) is 5.91 Å². The number of halogens is 1. The van der Waals surface area contributed by atoms with Crippen LogP contribution in [-0.4, -0.2) is 12.5 Å². The molecule has 0 saturated carbocycles. The molecule has 80 valence electrons. The Balaban J connectivity index is 2.89. The van der Waals surface area contributed by atoms with Crippen LogP contribution in [0.1, 0.15) is 12.5 Å². The molecule has 0 spiro atoms. The van der Waals surface area contributed by atoms with Crippen LogP contribution in [0.5, 0.6) is 5.75 Å². The van der Waals surface area contributed by atoms with Gasteiger partial charge in [-0.2, -0.15) is 0 Å². The first-order valence-electron chi connectivity index (χ1n) is 4.44. The monoisotopic (exact) mass is 271 g/mol. The molecule has 0 radical (unpaired) electrons. The molecule has 1 amide bonds. The minimum absolute atomic E-state index is 0.00893. The van der Waals surface area contributed by atoms with E-state index >= 15 is 0 Å². The van der Waals surface area contributed by atoms with Gasteiger partial charge in [0.1, 0.15) is 5.75 Å². The molecule has 5 heteroatoms. The summed E-state index contributed by atoms with van der Waals surface area (Å²) in [6.07, 6.45) is -0.00893. The summed E-state index contributed by atoms with van der Waals surface area (Å²) in [5.74, 6) is -0.0150. The first-order chi connectivity index (χ1) is 7.17. The number of nitroso groups, excluding NO2 is 1. The van der Waals surface area contributed by atoms with Crippen LogP contribution in [0.3, 0.4) is 0 Å². The molecule has 0 heterocycles. The van der Waals surface area contributed by atoms with Crippen molar-refractivity contribution >= 4 is 21.8 Å². The number of rotatable bonds is 4. The summed E-state index contributed by atoms with van der Waals surface area (Å²) in [5.41, 5.74) is 0.700. The van der Waals surface area contributed by atoms with Crippen LogP contribution in [0.4, 0.5) is 0 Å². The number of benzene rings is 1. The van der Waals surface area contributed by atoms with Crippen LogP contribution >= 0.6 is 15.9 Å². The van der Waals surface area contributed by atoms with E-state index in [2.05, 4.69) is 21.1 Å². The van der Waals surface area contributed by atoms with Crippen LogP contribution in [-0.2, 0) is 11.2 Å². The molecule has 15 heavy (non-hydrogen) atoms. The van der Waals surface area contributed by atoms with E-state index in [1.165, 1.54) is 0 Å². The van der Waals surface area contributed by atoms with Crippen molar-refractivity contribution in [2.45, 2.75) is 13.3 Å². The summed E-state index contributed by atoms with van der Waals surface area (Å²) in [6, 6.07) is 5.28. The van der Waals surface area contributed by atoms with Crippen molar-refractivity contribution in [2.24, 2.45) is 5.18 Å². The second-order valence-corrected chi connectivity index (χ2v) is 3.70. The number of amides is 1. The summed E-state index contributed by atoms with van der Waals surface area (Å²) in [4.78, 5) is 20.8. The van der Waals surface area contributed by atoms with E-state index in [-0.39, 0.29) is 6.42 Å². The number of hydrogen-bond acceptors (Lipinski definition) is 3. The smallest absolute Gasteiger partial charge is 0.290 e. The lowest BCUT2D eigenvalue weighted by atomic mass is 10.1. The molecule has 0 unspecified atom stereocenters. The van der Waals surface area contributed by atoms with E-state index in [1.807, 2.05) is 6.92 Å². The molecular weight excluding hydrogens is 262 g/mol. The van der Waals surface area contributed by atoms with Gasteiger partial charge in [-0.25, -0.2) is 0 Å². The van der Waals surface area contributed by atoms with Gasteiger partial charge in [-0.05, 0) is 30.7 Å². The molecule has 0 fully saturated rings. The van der Waals surface area contributed by atoms with Crippen LogP contribution in [0.15, 0.2) is 27.8 Å². The Kier molecular flexibility index (Phi) is 4.42. The lowest BCUT2D eigenvalue weighted by Gasteiger charge is -2.06. The van der Waals surface area contributed by atoms with E-state index in [0.29, 0.717) is 17.9 Å². The minimum Gasteiger partial charge on any atom is -0.494 e. The third kappa shape index (κ3) is 3.43. The van der Waals surface area contributed by atoms with Gasteiger partial charge in [0.05, 0.1) is 13.0 Å². The molecule has 0 atom stereocenters. The van der Waals surface area contributed by atoms with Gasteiger partial charge in [0.2, 0.25) is 0 Å². The number of hydrogen-bond donors (Lipinski definition) is 0. The Morgan fingerprint density at radius 3 is 2.87 bits per heavy atom.